The van der Waals surface area contributed by atoms with Crippen LogP contribution < -0.4 is 9.47 Å². The lowest BCUT2D eigenvalue weighted by Crippen LogP contribution is -2.13. The molecular weight excluding hydrogens is 380 g/mol. The van der Waals surface area contributed by atoms with Crippen molar-refractivity contribution in [2.45, 2.75) is 0 Å². The third-order valence-corrected chi connectivity index (χ3v) is 4.52. The van der Waals surface area contributed by atoms with Gasteiger partial charge in [-0.05, 0) is 36.4 Å². The van der Waals surface area contributed by atoms with Crippen molar-refractivity contribution in [1.82, 2.24) is 9.97 Å². The molecule has 30 heavy (non-hydrogen) atoms. The fourth-order valence-electron chi connectivity index (χ4n) is 3.03. The summed E-state index contributed by atoms with van der Waals surface area (Å²) in [7, 11) is 0. The van der Waals surface area contributed by atoms with Gasteiger partial charge in [0.05, 0.1) is 37.5 Å². The predicted octanol–water partition coefficient (Wildman–Crippen LogP) is 4.27. The summed E-state index contributed by atoms with van der Waals surface area (Å²) in [5.74, 6) is 1.59. The van der Waals surface area contributed by atoms with Gasteiger partial charge in [-0.3, -0.25) is 9.97 Å². The Balaban J connectivity index is 1.05. The van der Waals surface area contributed by atoms with E-state index in [2.05, 4.69) is 9.97 Å². The molecule has 4 rings (SSSR count). The minimum atomic E-state index is 0.484. The van der Waals surface area contributed by atoms with Crippen LogP contribution in [0.1, 0.15) is 0 Å². The molecule has 0 bridgehead atoms. The number of pyridine rings is 2. The van der Waals surface area contributed by atoms with Crippen molar-refractivity contribution >= 4 is 21.8 Å². The van der Waals surface area contributed by atoms with Crippen LogP contribution in [0.15, 0.2) is 73.1 Å². The molecule has 0 aliphatic carbocycles. The molecule has 6 nitrogen and oxygen atoms in total. The van der Waals surface area contributed by atoms with E-state index >= 15 is 0 Å². The minimum absolute atomic E-state index is 0.484. The summed E-state index contributed by atoms with van der Waals surface area (Å²) < 4.78 is 22.5. The van der Waals surface area contributed by atoms with Crippen molar-refractivity contribution in [2.75, 3.05) is 39.6 Å². The number of rotatable bonds is 11. The van der Waals surface area contributed by atoms with Gasteiger partial charge in [0, 0.05) is 35.3 Å². The summed E-state index contributed by atoms with van der Waals surface area (Å²) in [6.45, 7) is 3.01. The Kier molecular flexibility index (Phi) is 7.04. The van der Waals surface area contributed by atoms with Crippen LogP contribution in [-0.4, -0.2) is 49.6 Å². The zero-order chi connectivity index (χ0) is 20.4. The van der Waals surface area contributed by atoms with Gasteiger partial charge in [0.1, 0.15) is 24.7 Å². The number of fused-ring (bicyclic) bond motifs is 2. The van der Waals surface area contributed by atoms with Crippen LogP contribution >= 0.6 is 0 Å². The number of nitrogens with zero attached hydrogens (tertiary/aromatic N) is 2. The highest BCUT2D eigenvalue weighted by atomic mass is 16.6. The Morgan fingerprint density at radius 3 is 1.50 bits per heavy atom. The second kappa shape index (κ2) is 10.5. The van der Waals surface area contributed by atoms with E-state index in [1.165, 1.54) is 0 Å². The number of hydrogen-bond acceptors (Lipinski definition) is 6. The molecule has 0 N–H and O–H groups in total. The second-order valence-corrected chi connectivity index (χ2v) is 6.64. The van der Waals surface area contributed by atoms with Crippen LogP contribution in [0.2, 0.25) is 0 Å². The highest BCUT2D eigenvalue weighted by Crippen LogP contribution is 2.19. The van der Waals surface area contributed by atoms with E-state index in [1.807, 2.05) is 60.7 Å². The van der Waals surface area contributed by atoms with Crippen LogP contribution in [0.5, 0.6) is 11.5 Å². The maximum absolute atomic E-state index is 5.71. The summed E-state index contributed by atoms with van der Waals surface area (Å²) in [5, 5.41) is 2.19. The molecule has 2 aromatic heterocycles. The van der Waals surface area contributed by atoms with Gasteiger partial charge in [-0.1, -0.05) is 12.1 Å². The van der Waals surface area contributed by atoms with E-state index in [4.69, 9.17) is 18.9 Å². The average Bonchev–Trinajstić information content (AvgIpc) is 2.80. The van der Waals surface area contributed by atoms with Gasteiger partial charge in [0.25, 0.3) is 0 Å². The number of hydrogen-bond donors (Lipinski definition) is 0. The minimum Gasteiger partial charge on any atom is -0.491 e. The largest absolute Gasteiger partial charge is 0.491 e. The van der Waals surface area contributed by atoms with Crippen LogP contribution in [-0.2, 0) is 9.47 Å². The van der Waals surface area contributed by atoms with Crippen LogP contribution in [0, 0.1) is 0 Å². The Morgan fingerprint density at radius 2 is 1.00 bits per heavy atom. The first-order valence-electron chi connectivity index (χ1n) is 9.99. The molecular formula is C24H24N2O4. The monoisotopic (exact) mass is 404 g/mol. The topological polar surface area (TPSA) is 62.7 Å². The molecule has 2 aromatic carbocycles. The van der Waals surface area contributed by atoms with Crippen molar-refractivity contribution in [3.05, 3.63) is 73.1 Å². The molecule has 0 saturated heterocycles. The van der Waals surface area contributed by atoms with Gasteiger partial charge in [-0.25, -0.2) is 0 Å². The van der Waals surface area contributed by atoms with Crippen LogP contribution in [0.4, 0.5) is 0 Å². The lowest BCUT2D eigenvalue weighted by molar-refractivity contribution is 0.0274. The maximum Gasteiger partial charge on any atom is 0.121 e. The number of aromatic nitrogens is 2. The maximum atomic E-state index is 5.71. The summed E-state index contributed by atoms with van der Waals surface area (Å²) in [6.07, 6.45) is 3.55. The molecule has 6 heteroatoms. The first-order valence-corrected chi connectivity index (χ1v) is 9.99. The molecule has 0 aliphatic rings. The molecule has 0 amide bonds. The normalized spacial score (nSPS) is 11.1. The number of ether oxygens (including phenoxy) is 4. The standard InChI is InChI=1S/C24H24N2O4/c1-3-19-5-7-21(17-23(19)25-9-1)29-15-13-27-11-12-28-14-16-30-22-8-6-20-4-2-10-26-24(20)18-22/h1-10,17-18H,11-16H2. The van der Waals surface area contributed by atoms with E-state index in [1.54, 1.807) is 12.4 Å². The number of benzene rings is 2. The van der Waals surface area contributed by atoms with Crippen molar-refractivity contribution in [3.63, 3.8) is 0 Å². The Bertz CT molecular complexity index is 999. The van der Waals surface area contributed by atoms with E-state index in [-0.39, 0.29) is 0 Å². The summed E-state index contributed by atoms with van der Waals surface area (Å²) in [5.41, 5.74) is 1.85. The van der Waals surface area contributed by atoms with Crippen molar-refractivity contribution < 1.29 is 18.9 Å². The van der Waals surface area contributed by atoms with Gasteiger partial charge in [0.15, 0.2) is 0 Å². The molecule has 0 saturated carbocycles. The highest BCUT2D eigenvalue weighted by Gasteiger charge is 2.00. The molecule has 4 aromatic rings. The molecule has 0 unspecified atom stereocenters. The van der Waals surface area contributed by atoms with Gasteiger partial charge < -0.3 is 18.9 Å². The molecule has 0 radical (unpaired) electrons. The first kappa shape index (κ1) is 20.1. The Hall–Kier alpha value is -3.22. The summed E-state index contributed by atoms with van der Waals surface area (Å²) >= 11 is 0. The third kappa shape index (κ3) is 5.65. The van der Waals surface area contributed by atoms with E-state index in [0.29, 0.717) is 39.6 Å². The van der Waals surface area contributed by atoms with E-state index in [0.717, 1.165) is 33.3 Å². The van der Waals surface area contributed by atoms with Crippen LogP contribution in [0.25, 0.3) is 21.8 Å². The zero-order valence-electron chi connectivity index (χ0n) is 16.7. The first-order chi connectivity index (χ1) is 14.9. The van der Waals surface area contributed by atoms with Crippen LogP contribution in [0.3, 0.4) is 0 Å². The van der Waals surface area contributed by atoms with Crippen molar-refractivity contribution in [3.8, 4) is 11.5 Å². The van der Waals surface area contributed by atoms with E-state index in [9.17, 15) is 0 Å². The van der Waals surface area contributed by atoms with Gasteiger partial charge in [-0.2, -0.15) is 0 Å². The molecule has 154 valence electrons. The Morgan fingerprint density at radius 1 is 0.533 bits per heavy atom. The average molecular weight is 404 g/mol. The van der Waals surface area contributed by atoms with E-state index < -0.39 is 0 Å². The molecule has 0 atom stereocenters. The molecule has 0 aliphatic heterocycles. The van der Waals surface area contributed by atoms with Crippen molar-refractivity contribution in [2.24, 2.45) is 0 Å². The van der Waals surface area contributed by atoms with Gasteiger partial charge in [0.2, 0.25) is 0 Å². The molecule has 0 fully saturated rings. The van der Waals surface area contributed by atoms with Crippen molar-refractivity contribution in [1.29, 1.82) is 0 Å². The summed E-state index contributed by atoms with van der Waals surface area (Å²) in [6, 6.07) is 19.7. The fourth-order valence-corrected chi connectivity index (χ4v) is 3.03. The Labute approximate surface area is 175 Å². The van der Waals surface area contributed by atoms with Gasteiger partial charge >= 0.3 is 0 Å². The second-order valence-electron chi connectivity index (χ2n) is 6.64. The third-order valence-electron chi connectivity index (χ3n) is 4.52. The fraction of sp³-hybridized carbons (Fsp3) is 0.250. The lowest BCUT2D eigenvalue weighted by atomic mass is 10.2. The zero-order valence-corrected chi connectivity index (χ0v) is 16.7. The SMILES string of the molecule is c1cnc2cc(OCCOCCOCCOc3ccc4cccnc4c3)ccc2c1. The summed E-state index contributed by atoms with van der Waals surface area (Å²) in [4.78, 5) is 8.65. The molecule has 2 heterocycles. The predicted molar refractivity (Wildman–Crippen MR) is 116 cm³/mol. The quantitative estimate of drug-likeness (QED) is 0.348. The lowest BCUT2D eigenvalue weighted by Gasteiger charge is -2.09. The molecule has 0 spiro atoms. The highest BCUT2D eigenvalue weighted by molar-refractivity contribution is 5.80. The smallest absolute Gasteiger partial charge is 0.121 e. The van der Waals surface area contributed by atoms with Gasteiger partial charge in [-0.15, -0.1) is 0 Å².